The highest BCUT2D eigenvalue weighted by Crippen LogP contribution is 2.30. The summed E-state index contributed by atoms with van der Waals surface area (Å²) in [6, 6.07) is 4.48. The zero-order valence-electron chi connectivity index (χ0n) is 14.9. The van der Waals surface area contributed by atoms with Crippen LogP contribution in [0.3, 0.4) is 0 Å². The van der Waals surface area contributed by atoms with Gasteiger partial charge >= 0.3 is 0 Å². The van der Waals surface area contributed by atoms with Crippen LogP contribution in [-0.2, 0) is 14.8 Å². The molecule has 0 spiro atoms. The van der Waals surface area contributed by atoms with Gasteiger partial charge in [0, 0.05) is 11.6 Å². The Bertz CT molecular complexity index is 680. The van der Waals surface area contributed by atoms with E-state index in [1.807, 2.05) is 0 Å². The number of carbonyl (C=O) groups excluding carboxylic acids is 1. The summed E-state index contributed by atoms with van der Waals surface area (Å²) in [5, 5.41) is 3.41. The molecule has 1 aromatic carbocycles. The molecular weight excluding hydrogens is 383 g/mol. The molecule has 0 saturated carbocycles. The van der Waals surface area contributed by atoms with Crippen LogP contribution in [0.5, 0.6) is 0 Å². The van der Waals surface area contributed by atoms with Gasteiger partial charge in [0.2, 0.25) is 15.9 Å². The van der Waals surface area contributed by atoms with Crippen LogP contribution >= 0.6 is 23.2 Å². The van der Waals surface area contributed by atoms with Gasteiger partial charge in [-0.05, 0) is 30.5 Å². The number of hydrogen-bond acceptors (Lipinski definition) is 3. The van der Waals surface area contributed by atoms with Crippen LogP contribution in [0, 0.1) is 5.92 Å². The lowest BCUT2D eigenvalue weighted by Crippen LogP contribution is -2.41. The predicted molar refractivity (Wildman–Crippen MR) is 105 cm³/mol. The zero-order chi connectivity index (χ0) is 19.0. The number of benzene rings is 1. The molecule has 1 rings (SSSR count). The third-order valence-corrected chi connectivity index (χ3v) is 5.66. The number of sulfonamides is 1. The van der Waals surface area contributed by atoms with Crippen molar-refractivity contribution in [2.45, 2.75) is 39.5 Å². The molecule has 1 atom stereocenters. The largest absolute Gasteiger partial charge is 0.354 e. The maximum atomic E-state index is 12.3. The Hall–Kier alpha value is -0.980. The quantitative estimate of drug-likeness (QED) is 0.633. The maximum Gasteiger partial charge on any atom is 0.240 e. The fourth-order valence-corrected chi connectivity index (χ4v) is 3.88. The lowest BCUT2D eigenvalue weighted by atomic mass is 9.99. The summed E-state index contributed by atoms with van der Waals surface area (Å²) in [6.45, 7) is 4.44. The van der Waals surface area contributed by atoms with Crippen molar-refractivity contribution >= 4 is 44.8 Å². The molecule has 0 saturated heterocycles. The second-order valence-electron chi connectivity index (χ2n) is 6.09. The SMILES string of the molecule is CCCC[C@@H](CC)CNC(=O)CN(c1ccc(Cl)cc1Cl)S(C)(=O)=O. The second-order valence-corrected chi connectivity index (χ2v) is 8.84. The van der Waals surface area contributed by atoms with Gasteiger partial charge in [0.15, 0.2) is 0 Å². The van der Waals surface area contributed by atoms with Crippen molar-refractivity contribution in [1.82, 2.24) is 5.32 Å². The molecule has 1 amide bonds. The monoisotopic (exact) mass is 408 g/mol. The minimum atomic E-state index is -3.66. The number of rotatable bonds is 10. The fraction of sp³-hybridized carbons (Fsp3) is 0.588. The van der Waals surface area contributed by atoms with E-state index in [9.17, 15) is 13.2 Å². The van der Waals surface area contributed by atoms with Gasteiger partial charge in [0.25, 0.3) is 0 Å². The van der Waals surface area contributed by atoms with Crippen molar-refractivity contribution in [1.29, 1.82) is 0 Å². The molecule has 25 heavy (non-hydrogen) atoms. The topological polar surface area (TPSA) is 66.5 Å². The summed E-state index contributed by atoms with van der Waals surface area (Å²) < 4.78 is 25.2. The van der Waals surface area contributed by atoms with Crippen LogP contribution in [0.15, 0.2) is 18.2 Å². The Morgan fingerprint density at radius 3 is 2.48 bits per heavy atom. The van der Waals surface area contributed by atoms with Crippen LogP contribution < -0.4 is 9.62 Å². The van der Waals surface area contributed by atoms with Crippen molar-refractivity contribution in [2.24, 2.45) is 5.92 Å². The molecule has 0 fully saturated rings. The van der Waals surface area contributed by atoms with E-state index < -0.39 is 10.0 Å². The number of nitrogens with one attached hydrogen (secondary N) is 1. The molecule has 8 heteroatoms. The first-order valence-corrected chi connectivity index (χ1v) is 11.0. The van der Waals surface area contributed by atoms with E-state index in [1.54, 1.807) is 0 Å². The fourth-order valence-electron chi connectivity index (χ4n) is 2.45. The molecule has 0 aliphatic heterocycles. The third-order valence-electron chi connectivity index (χ3n) is 4.00. The van der Waals surface area contributed by atoms with E-state index in [0.717, 1.165) is 36.2 Å². The highest BCUT2D eigenvalue weighted by Gasteiger charge is 2.23. The molecule has 0 unspecified atom stereocenters. The van der Waals surface area contributed by atoms with Gasteiger partial charge in [-0.15, -0.1) is 0 Å². The van der Waals surface area contributed by atoms with Gasteiger partial charge in [0.1, 0.15) is 6.54 Å². The molecule has 142 valence electrons. The minimum absolute atomic E-state index is 0.181. The van der Waals surface area contributed by atoms with E-state index in [1.165, 1.54) is 18.2 Å². The molecular formula is C17H26Cl2N2O3S. The number of hydrogen-bond donors (Lipinski definition) is 1. The Kier molecular flexibility index (Phi) is 9.03. The van der Waals surface area contributed by atoms with E-state index in [0.29, 0.717) is 17.5 Å². The third kappa shape index (κ3) is 7.42. The summed E-state index contributed by atoms with van der Waals surface area (Å²) in [6.07, 6.45) is 5.29. The maximum absolute atomic E-state index is 12.3. The van der Waals surface area contributed by atoms with E-state index in [2.05, 4.69) is 19.2 Å². The molecule has 0 radical (unpaired) electrons. The zero-order valence-corrected chi connectivity index (χ0v) is 17.2. The van der Waals surface area contributed by atoms with Crippen LogP contribution in [0.2, 0.25) is 10.0 Å². The van der Waals surface area contributed by atoms with Crippen molar-refractivity contribution in [3.8, 4) is 0 Å². The number of nitrogens with zero attached hydrogens (tertiary/aromatic N) is 1. The van der Waals surface area contributed by atoms with Crippen LogP contribution in [-0.4, -0.2) is 33.7 Å². The molecule has 0 aromatic heterocycles. The standard InChI is InChI=1S/C17H26Cl2N2O3S/c1-4-6-7-13(5-2)11-20-17(22)12-21(25(3,23)24)16-9-8-14(18)10-15(16)19/h8-10,13H,4-7,11-12H2,1-3H3,(H,20,22)/t13-/m1/s1. The molecule has 5 nitrogen and oxygen atoms in total. The Balaban J connectivity index is 2.81. The minimum Gasteiger partial charge on any atom is -0.354 e. The molecule has 0 heterocycles. The first-order chi connectivity index (χ1) is 11.7. The summed E-state index contributed by atoms with van der Waals surface area (Å²) in [4.78, 5) is 12.3. The molecule has 0 aliphatic rings. The average molecular weight is 409 g/mol. The summed E-state index contributed by atoms with van der Waals surface area (Å²) >= 11 is 12.0. The lowest BCUT2D eigenvalue weighted by Gasteiger charge is -2.23. The highest BCUT2D eigenvalue weighted by molar-refractivity contribution is 7.92. The molecule has 0 bridgehead atoms. The smallest absolute Gasteiger partial charge is 0.240 e. The summed E-state index contributed by atoms with van der Waals surface area (Å²) in [5.41, 5.74) is 0.238. The Labute approximate surface area is 160 Å². The average Bonchev–Trinajstić information content (AvgIpc) is 2.52. The molecule has 1 N–H and O–H groups in total. The number of amides is 1. The van der Waals surface area contributed by atoms with E-state index >= 15 is 0 Å². The number of anilines is 1. The molecule has 1 aromatic rings. The Morgan fingerprint density at radius 2 is 1.96 bits per heavy atom. The van der Waals surface area contributed by atoms with Gasteiger partial charge in [-0.2, -0.15) is 0 Å². The van der Waals surface area contributed by atoms with Crippen molar-refractivity contribution in [3.63, 3.8) is 0 Å². The first-order valence-electron chi connectivity index (χ1n) is 8.38. The van der Waals surface area contributed by atoms with Gasteiger partial charge in [-0.3, -0.25) is 9.10 Å². The van der Waals surface area contributed by atoms with Crippen molar-refractivity contribution in [3.05, 3.63) is 28.2 Å². The van der Waals surface area contributed by atoms with Crippen LogP contribution in [0.1, 0.15) is 39.5 Å². The lowest BCUT2D eigenvalue weighted by molar-refractivity contribution is -0.119. The summed E-state index contributed by atoms with van der Waals surface area (Å²) in [5.74, 6) is 0.0427. The number of carbonyl (C=O) groups is 1. The number of unbranched alkanes of at least 4 members (excludes halogenated alkanes) is 1. The van der Waals surface area contributed by atoms with E-state index in [4.69, 9.17) is 23.2 Å². The highest BCUT2D eigenvalue weighted by atomic mass is 35.5. The molecule has 0 aliphatic carbocycles. The van der Waals surface area contributed by atoms with Crippen molar-refractivity contribution < 1.29 is 13.2 Å². The first kappa shape index (κ1) is 22.1. The Morgan fingerprint density at radius 1 is 1.28 bits per heavy atom. The summed E-state index contributed by atoms with van der Waals surface area (Å²) in [7, 11) is -3.66. The number of halogens is 2. The van der Waals surface area contributed by atoms with Crippen LogP contribution in [0.25, 0.3) is 0 Å². The second kappa shape index (κ2) is 10.2. The normalized spacial score (nSPS) is 12.7. The van der Waals surface area contributed by atoms with E-state index in [-0.39, 0.29) is 23.2 Å². The van der Waals surface area contributed by atoms with Gasteiger partial charge in [0.05, 0.1) is 17.0 Å². The van der Waals surface area contributed by atoms with Crippen LogP contribution in [0.4, 0.5) is 5.69 Å². The van der Waals surface area contributed by atoms with Gasteiger partial charge in [-0.25, -0.2) is 8.42 Å². The van der Waals surface area contributed by atoms with Gasteiger partial charge in [-0.1, -0.05) is 56.3 Å². The van der Waals surface area contributed by atoms with Gasteiger partial charge < -0.3 is 5.32 Å². The predicted octanol–water partition coefficient (Wildman–Crippen LogP) is 4.09. The van der Waals surface area contributed by atoms with Crippen molar-refractivity contribution in [2.75, 3.05) is 23.7 Å².